The molecule has 21 heavy (non-hydrogen) atoms. The second-order valence-corrected chi connectivity index (χ2v) is 8.30. The highest BCUT2D eigenvalue weighted by molar-refractivity contribution is 7.92. The molecule has 0 bridgehead atoms. The van der Waals surface area contributed by atoms with Crippen molar-refractivity contribution in [3.63, 3.8) is 0 Å². The Bertz CT molecular complexity index is 708. The van der Waals surface area contributed by atoms with Crippen LogP contribution in [-0.4, -0.2) is 43.2 Å². The van der Waals surface area contributed by atoms with Crippen molar-refractivity contribution in [2.45, 2.75) is 18.6 Å². The first-order valence-corrected chi connectivity index (χ1v) is 8.40. The molecule has 114 valence electrons. The summed E-state index contributed by atoms with van der Waals surface area (Å²) in [6.07, 6.45) is 1.23. The first-order valence-electron chi connectivity index (χ1n) is 6.50. The summed E-state index contributed by atoms with van der Waals surface area (Å²) in [6, 6.07) is 9.42. The van der Waals surface area contributed by atoms with E-state index in [1.807, 2.05) is 30.3 Å². The van der Waals surface area contributed by atoms with Crippen LogP contribution in [-0.2, 0) is 9.84 Å². The van der Waals surface area contributed by atoms with Crippen LogP contribution in [0, 0.1) is 0 Å². The fourth-order valence-corrected chi connectivity index (χ4v) is 2.26. The molecule has 0 saturated carbocycles. The third-order valence-corrected chi connectivity index (χ3v) is 5.54. The number of benzene rings is 1. The van der Waals surface area contributed by atoms with Gasteiger partial charge in [0.25, 0.3) is 11.8 Å². The molecule has 0 saturated heterocycles. The minimum atomic E-state index is -3.18. The van der Waals surface area contributed by atoms with Crippen LogP contribution >= 0.6 is 0 Å². The highest BCUT2D eigenvalue weighted by Crippen LogP contribution is 2.22. The Labute approximate surface area is 124 Å². The predicted octanol–water partition coefficient (Wildman–Crippen LogP) is 2.00. The van der Waals surface area contributed by atoms with E-state index in [2.05, 4.69) is 10.1 Å². The maximum absolute atomic E-state index is 11.8. The van der Waals surface area contributed by atoms with Crippen LogP contribution < -0.4 is 4.90 Å². The number of sulfone groups is 1. The van der Waals surface area contributed by atoms with Crippen LogP contribution in [0.3, 0.4) is 0 Å². The molecule has 0 aliphatic rings. The monoisotopic (exact) mass is 309 g/mol. The molecule has 0 aliphatic heterocycles. The number of hydrogen-bond donors (Lipinski definition) is 0. The average molecular weight is 309 g/mol. The van der Waals surface area contributed by atoms with Gasteiger partial charge in [-0.05, 0) is 31.1 Å². The van der Waals surface area contributed by atoms with E-state index in [9.17, 15) is 8.42 Å². The second-order valence-electron chi connectivity index (χ2n) is 5.65. The first kappa shape index (κ1) is 15.5. The molecule has 0 spiro atoms. The predicted molar refractivity (Wildman–Crippen MR) is 81.9 cm³/mol. The normalized spacial score (nSPS) is 12.4. The van der Waals surface area contributed by atoms with Crippen molar-refractivity contribution in [1.29, 1.82) is 0 Å². The van der Waals surface area contributed by atoms with Crippen molar-refractivity contribution < 1.29 is 12.9 Å². The molecule has 7 heteroatoms. The third kappa shape index (κ3) is 3.41. The van der Waals surface area contributed by atoms with E-state index in [1.54, 1.807) is 25.8 Å². The fourth-order valence-electron chi connectivity index (χ4n) is 1.83. The summed E-state index contributed by atoms with van der Waals surface area (Å²) in [5.41, 5.74) is 0.826. The highest BCUT2D eigenvalue weighted by Gasteiger charge is 2.32. The van der Waals surface area contributed by atoms with Gasteiger partial charge in [-0.1, -0.05) is 18.2 Å². The minimum Gasteiger partial charge on any atom is -0.340 e. The van der Waals surface area contributed by atoms with Crippen LogP contribution in [0.1, 0.15) is 13.8 Å². The van der Waals surface area contributed by atoms with Gasteiger partial charge in [-0.2, -0.15) is 4.98 Å². The maximum atomic E-state index is 11.8. The largest absolute Gasteiger partial charge is 0.340 e. The van der Waals surface area contributed by atoms with E-state index in [4.69, 9.17) is 4.52 Å². The van der Waals surface area contributed by atoms with E-state index < -0.39 is 14.6 Å². The van der Waals surface area contributed by atoms with E-state index in [1.165, 1.54) is 6.26 Å². The molecule has 0 unspecified atom stereocenters. The van der Waals surface area contributed by atoms with Crippen LogP contribution in [0.15, 0.2) is 34.9 Å². The van der Waals surface area contributed by atoms with Crippen LogP contribution in [0.2, 0.25) is 0 Å². The first-order chi connectivity index (χ1) is 9.71. The molecule has 0 atom stereocenters. The van der Waals surface area contributed by atoms with E-state index in [0.29, 0.717) is 11.8 Å². The summed E-state index contributed by atoms with van der Waals surface area (Å²) in [4.78, 5) is 5.98. The lowest BCUT2D eigenvalue weighted by molar-refractivity contribution is 0.429. The molecule has 1 heterocycles. The van der Waals surface area contributed by atoms with E-state index in [-0.39, 0.29) is 6.54 Å². The lowest BCUT2D eigenvalue weighted by Crippen LogP contribution is -2.42. The van der Waals surface area contributed by atoms with Gasteiger partial charge in [0.1, 0.15) is 0 Å². The Kier molecular flexibility index (Phi) is 4.04. The molecule has 2 aromatic rings. The zero-order valence-corrected chi connectivity index (χ0v) is 13.4. The molecule has 1 aromatic carbocycles. The molecule has 0 fully saturated rings. The van der Waals surface area contributed by atoms with Gasteiger partial charge < -0.3 is 9.42 Å². The van der Waals surface area contributed by atoms with Gasteiger partial charge in [0.05, 0.1) is 4.75 Å². The molecule has 1 aromatic heterocycles. The van der Waals surface area contributed by atoms with Crippen molar-refractivity contribution in [3.05, 3.63) is 30.3 Å². The number of anilines is 1. The van der Waals surface area contributed by atoms with Crippen LogP contribution in [0.25, 0.3) is 11.5 Å². The number of aromatic nitrogens is 2. The summed E-state index contributed by atoms with van der Waals surface area (Å²) in [6.45, 7) is 3.63. The standard InChI is InChI=1S/C14H19N3O3S/c1-14(2,21(4,18)19)10-17(3)13-15-12(20-16-13)11-8-6-5-7-9-11/h5-9H,10H2,1-4H3. The van der Waals surface area contributed by atoms with Gasteiger partial charge in [-0.15, -0.1) is 0 Å². The average Bonchev–Trinajstić information content (AvgIpc) is 2.87. The Hall–Kier alpha value is -1.89. The van der Waals surface area contributed by atoms with E-state index in [0.717, 1.165) is 5.56 Å². The summed E-state index contributed by atoms with van der Waals surface area (Å²) in [5.74, 6) is 0.778. The van der Waals surface area contributed by atoms with Gasteiger partial charge >= 0.3 is 0 Å². The van der Waals surface area contributed by atoms with Gasteiger partial charge in [-0.3, -0.25) is 0 Å². The Balaban J connectivity index is 2.19. The van der Waals surface area contributed by atoms with Crippen molar-refractivity contribution in [1.82, 2.24) is 10.1 Å². The van der Waals surface area contributed by atoms with Crippen molar-refractivity contribution in [3.8, 4) is 11.5 Å². The molecule has 2 rings (SSSR count). The number of nitrogens with zero attached hydrogens (tertiary/aromatic N) is 3. The summed E-state index contributed by atoms with van der Waals surface area (Å²) >= 11 is 0. The Morgan fingerprint density at radius 2 is 1.86 bits per heavy atom. The van der Waals surface area contributed by atoms with Gasteiger partial charge in [-0.25, -0.2) is 8.42 Å². The van der Waals surface area contributed by atoms with Crippen LogP contribution in [0.4, 0.5) is 5.95 Å². The highest BCUT2D eigenvalue weighted by atomic mass is 32.2. The summed E-state index contributed by atoms with van der Waals surface area (Å²) in [5, 5.41) is 3.90. The topological polar surface area (TPSA) is 76.3 Å². The Morgan fingerprint density at radius 1 is 1.24 bits per heavy atom. The third-order valence-electron chi connectivity index (χ3n) is 3.40. The molecule has 6 nitrogen and oxygen atoms in total. The molecular weight excluding hydrogens is 290 g/mol. The molecule has 0 N–H and O–H groups in total. The molecular formula is C14H19N3O3S. The number of rotatable bonds is 5. The van der Waals surface area contributed by atoms with Gasteiger partial charge in [0.2, 0.25) is 0 Å². The van der Waals surface area contributed by atoms with Gasteiger partial charge in [0.15, 0.2) is 9.84 Å². The fraction of sp³-hybridized carbons (Fsp3) is 0.429. The number of hydrogen-bond acceptors (Lipinski definition) is 6. The van der Waals surface area contributed by atoms with Crippen LogP contribution in [0.5, 0.6) is 0 Å². The quantitative estimate of drug-likeness (QED) is 0.841. The minimum absolute atomic E-state index is 0.277. The zero-order valence-electron chi connectivity index (χ0n) is 12.6. The zero-order chi connectivity index (χ0) is 15.7. The second kappa shape index (κ2) is 5.48. The Morgan fingerprint density at radius 3 is 2.43 bits per heavy atom. The smallest absolute Gasteiger partial charge is 0.266 e. The van der Waals surface area contributed by atoms with Crippen molar-refractivity contribution in [2.75, 3.05) is 24.7 Å². The van der Waals surface area contributed by atoms with Gasteiger partial charge in [0, 0.05) is 25.4 Å². The van der Waals surface area contributed by atoms with Crippen molar-refractivity contribution in [2.24, 2.45) is 0 Å². The van der Waals surface area contributed by atoms with Crippen molar-refractivity contribution >= 4 is 15.8 Å². The van der Waals surface area contributed by atoms with E-state index >= 15 is 0 Å². The molecule has 0 radical (unpaired) electrons. The lowest BCUT2D eigenvalue weighted by atomic mass is 10.2. The molecule has 0 amide bonds. The molecule has 0 aliphatic carbocycles. The summed E-state index contributed by atoms with van der Waals surface area (Å²) in [7, 11) is -1.44. The maximum Gasteiger partial charge on any atom is 0.266 e. The summed E-state index contributed by atoms with van der Waals surface area (Å²) < 4.78 is 27.8. The lowest BCUT2D eigenvalue weighted by Gasteiger charge is -2.27. The SMILES string of the molecule is CN(CC(C)(C)S(C)(=O)=O)c1noc(-c2ccccc2)n1.